The molecule has 1 saturated heterocycles. The fourth-order valence-corrected chi connectivity index (χ4v) is 5.27. The Morgan fingerprint density at radius 2 is 1.82 bits per heavy atom. The zero-order chi connectivity index (χ0) is 27.7. The number of benzene rings is 3. The van der Waals surface area contributed by atoms with Crippen LogP contribution in [0.25, 0.3) is 0 Å². The summed E-state index contributed by atoms with van der Waals surface area (Å²) in [5, 5.41) is 5.13. The molecule has 2 aliphatic heterocycles. The topological polar surface area (TPSA) is 114 Å². The van der Waals surface area contributed by atoms with Crippen molar-refractivity contribution < 1.29 is 27.9 Å². The summed E-state index contributed by atoms with van der Waals surface area (Å²) in [5.74, 6) is -2.13. The van der Waals surface area contributed by atoms with Crippen LogP contribution in [-0.2, 0) is 21.6 Å². The molecule has 3 amide bonds. The van der Waals surface area contributed by atoms with Crippen molar-refractivity contribution in [2.45, 2.75) is 30.9 Å². The van der Waals surface area contributed by atoms with Crippen LogP contribution in [0.15, 0.2) is 60.7 Å². The molecule has 0 unspecified atom stereocenters. The van der Waals surface area contributed by atoms with Gasteiger partial charge in [-0.05, 0) is 66.9 Å². The highest BCUT2D eigenvalue weighted by Gasteiger charge is 2.49. The quantitative estimate of drug-likeness (QED) is 0.398. The lowest BCUT2D eigenvalue weighted by Gasteiger charge is -2.45. The highest BCUT2D eigenvalue weighted by atomic mass is 35.5. The van der Waals surface area contributed by atoms with Gasteiger partial charge in [0.1, 0.15) is 11.9 Å². The number of carbonyl (C=O) groups is 3. The molecule has 0 radical (unpaired) electrons. The van der Waals surface area contributed by atoms with Gasteiger partial charge >= 0.3 is 6.09 Å². The summed E-state index contributed by atoms with van der Waals surface area (Å²) in [5.41, 5.74) is 5.97. The Hall–Kier alpha value is -4.18. The minimum absolute atomic E-state index is 0.0709. The van der Waals surface area contributed by atoms with Crippen molar-refractivity contribution in [1.82, 2.24) is 10.2 Å². The Balaban J connectivity index is 1.45. The van der Waals surface area contributed by atoms with E-state index in [9.17, 15) is 18.8 Å². The Labute approximate surface area is 228 Å². The number of halogens is 3. The third-order valence-corrected chi connectivity index (χ3v) is 7.26. The second kappa shape index (κ2) is 10.5. The number of nitrogens with zero attached hydrogens (tertiary/aromatic N) is 1. The van der Waals surface area contributed by atoms with Gasteiger partial charge in [0.25, 0.3) is 5.91 Å². The maximum absolute atomic E-state index is 15.3. The predicted octanol–water partition coefficient (Wildman–Crippen LogP) is 4.62. The standard InChI is InChI=1S/C28H25ClF2N4O4/c29-20-10-11-21-23(24(20)31)28(39-27(38)34-21)12-1-13-35(15-28)26(37)22(14-16-2-6-18(30)7-3-16)33-25(36)17-4-8-19(32)9-5-17/h2-11,22H,1,12-15,32H2,(H,33,36)(H,34,38)/t22-,28-/m0/s1. The summed E-state index contributed by atoms with van der Waals surface area (Å²) >= 11 is 6.05. The fraction of sp³-hybridized carbons (Fsp3) is 0.250. The van der Waals surface area contributed by atoms with E-state index in [0.717, 1.165) is 0 Å². The van der Waals surface area contributed by atoms with Crippen LogP contribution in [0.5, 0.6) is 0 Å². The van der Waals surface area contributed by atoms with Crippen molar-refractivity contribution in [2.75, 3.05) is 24.1 Å². The number of piperidine rings is 1. The van der Waals surface area contributed by atoms with E-state index in [1.54, 1.807) is 12.1 Å². The highest BCUT2D eigenvalue weighted by Crippen LogP contribution is 2.45. The van der Waals surface area contributed by atoms with Crippen molar-refractivity contribution >= 4 is 40.9 Å². The third kappa shape index (κ3) is 5.37. The first-order valence-electron chi connectivity index (χ1n) is 12.3. The second-order valence-electron chi connectivity index (χ2n) is 9.63. The lowest BCUT2D eigenvalue weighted by molar-refractivity contribution is -0.141. The number of fused-ring (bicyclic) bond motifs is 2. The summed E-state index contributed by atoms with van der Waals surface area (Å²) in [4.78, 5) is 40.8. The molecule has 1 fully saturated rings. The Bertz CT molecular complexity index is 1430. The van der Waals surface area contributed by atoms with Gasteiger partial charge in [-0.1, -0.05) is 23.7 Å². The number of amides is 3. The number of carbonyl (C=O) groups excluding carboxylic acids is 3. The van der Waals surface area contributed by atoms with E-state index in [1.165, 1.54) is 53.4 Å². The lowest BCUT2D eigenvalue weighted by atomic mass is 9.82. The molecular formula is C28H25ClF2N4O4. The van der Waals surface area contributed by atoms with Crippen LogP contribution in [0.4, 0.5) is 25.0 Å². The number of likely N-dealkylation sites (tertiary alicyclic amines) is 1. The molecule has 3 aromatic carbocycles. The van der Waals surface area contributed by atoms with Gasteiger partial charge in [0.15, 0.2) is 11.4 Å². The highest BCUT2D eigenvalue weighted by molar-refractivity contribution is 6.31. The largest absolute Gasteiger partial charge is 0.436 e. The SMILES string of the molecule is Nc1ccc(C(=O)N[C@@H](Cc2ccc(F)cc2)C(=O)N2CCC[C@@]3(C2)OC(=O)Nc2ccc(Cl)c(F)c23)cc1. The molecule has 0 aromatic heterocycles. The van der Waals surface area contributed by atoms with E-state index in [0.29, 0.717) is 29.8 Å². The van der Waals surface area contributed by atoms with E-state index in [-0.39, 0.29) is 35.7 Å². The molecule has 0 aliphatic carbocycles. The monoisotopic (exact) mass is 554 g/mol. The van der Waals surface area contributed by atoms with Crippen molar-refractivity contribution in [3.8, 4) is 0 Å². The van der Waals surface area contributed by atoms with E-state index in [1.807, 2.05) is 0 Å². The van der Waals surface area contributed by atoms with Gasteiger partial charge in [0, 0.05) is 24.2 Å². The third-order valence-electron chi connectivity index (χ3n) is 6.97. The average Bonchev–Trinajstić information content (AvgIpc) is 2.91. The molecule has 202 valence electrons. The van der Waals surface area contributed by atoms with E-state index < -0.39 is 41.2 Å². The molecule has 2 heterocycles. The normalized spacial score (nSPS) is 19.1. The number of ether oxygens (including phenoxy) is 1. The van der Waals surface area contributed by atoms with Gasteiger partial charge in [-0.25, -0.2) is 13.6 Å². The minimum atomic E-state index is -1.46. The van der Waals surface area contributed by atoms with Crippen LogP contribution >= 0.6 is 11.6 Å². The second-order valence-corrected chi connectivity index (χ2v) is 10.0. The number of hydrogen-bond donors (Lipinski definition) is 3. The molecular weight excluding hydrogens is 530 g/mol. The Morgan fingerprint density at radius 1 is 1.10 bits per heavy atom. The molecule has 4 N–H and O–H groups in total. The number of anilines is 2. The molecule has 2 atom stereocenters. The number of nitrogens with two attached hydrogens (primary N) is 1. The molecule has 5 rings (SSSR count). The Morgan fingerprint density at radius 3 is 2.54 bits per heavy atom. The summed E-state index contributed by atoms with van der Waals surface area (Å²) < 4.78 is 34.4. The summed E-state index contributed by atoms with van der Waals surface area (Å²) in [6.45, 7) is 0.155. The number of nitrogens with one attached hydrogen (secondary N) is 2. The van der Waals surface area contributed by atoms with Crippen LogP contribution in [-0.4, -0.2) is 41.9 Å². The molecule has 0 bridgehead atoms. The first-order valence-corrected chi connectivity index (χ1v) is 12.7. The van der Waals surface area contributed by atoms with Gasteiger partial charge in [-0.2, -0.15) is 0 Å². The van der Waals surface area contributed by atoms with Crippen LogP contribution < -0.4 is 16.4 Å². The Kier molecular flexibility index (Phi) is 7.14. The molecule has 2 aliphatic rings. The van der Waals surface area contributed by atoms with Gasteiger partial charge in [-0.3, -0.25) is 14.9 Å². The summed E-state index contributed by atoms with van der Waals surface area (Å²) in [6, 6.07) is 13.6. The number of rotatable bonds is 5. The smallest absolute Gasteiger partial charge is 0.412 e. The predicted molar refractivity (Wildman–Crippen MR) is 141 cm³/mol. The van der Waals surface area contributed by atoms with Gasteiger partial charge in [-0.15, -0.1) is 0 Å². The van der Waals surface area contributed by atoms with Gasteiger partial charge in [0.2, 0.25) is 5.91 Å². The van der Waals surface area contributed by atoms with Crippen molar-refractivity contribution in [1.29, 1.82) is 0 Å². The summed E-state index contributed by atoms with van der Waals surface area (Å²) in [7, 11) is 0. The molecule has 8 nitrogen and oxygen atoms in total. The zero-order valence-corrected chi connectivity index (χ0v) is 21.4. The van der Waals surface area contributed by atoms with Crippen molar-refractivity contribution in [3.05, 3.63) is 94.0 Å². The number of nitrogen functional groups attached to an aromatic ring is 1. The zero-order valence-electron chi connectivity index (χ0n) is 20.7. The molecule has 3 aromatic rings. The van der Waals surface area contributed by atoms with E-state index in [4.69, 9.17) is 22.1 Å². The molecule has 1 spiro atoms. The van der Waals surface area contributed by atoms with Crippen LogP contribution in [0.1, 0.15) is 34.3 Å². The van der Waals surface area contributed by atoms with Crippen molar-refractivity contribution in [3.63, 3.8) is 0 Å². The lowest BCUT2D eigenvalue weighted by Crippen LogP contribution is -2.57. The number of hydrogen-bond acceptors (Lipinski definition) is 5. The summed E-state index contributed by atoms with van der Waals surface area (Å²) in [6.07, 6.45) is -0.0198. The maximum atomic E-state index is 15.3. The first-order chi connectivity index (χ1) is 18.6. The van der Waals surface area contributed by atoms with Crippen LogP contribution in [0, 0.1) is 11.6 Å². The van der Waals surface area contributed by atoms with E-state index in [2.05, 4.69) is 10.6 Å². The average molecular weight is 555 g/mol. The van der Waals surface area contributed by atoms with E-state index >= 15 is 4.39 Å². The van der Waals surface area contributed by atoms with Crippen LogP contribution in [0.3, 0.4) is 0 Å². The molecule has 0 saturated carbocycles. The maximum Gasteiger partial charge on any atom is 0.412 e. The molecule has 39 heavy (non-hydrogen) atoms. The van der Waals surface area contributed by atoms with Gasteiger partial charge < -0.3 is 20.7 Å². The molecule has 11 heteroatoms. The van der Waals surface area contributed by atoms with Crippen LogP contribution in [0.2, 0.25) is 5.02 Å². The minimum Gasteiger partial charge on any atom is -0.436 e. The first kappa shape index (κ1) is 26.4. The van der Waals surface area contributed by atoms with Gasteiger partial charge in [0.05, 0.1) is 22.8 Å². The van der Waals surface area contributed by atoms with Crippen molar-refractivity contribution in [2.24, 2.45) is 0 Å². The fourth-order valence-electron chi connectivity index (χ4n) is 5.11.